The third-order valence-electron chi connectivity index (χ3n) is 3.19. The number of esters is 1. The van der Waals surface area contributed by atoms with Crippen molar-refractivity contribution in [2.24, 2.45) is 5.92 Å². The molecule has 1 aromatic rings. The number of Topliss-reactive ketones (excluding diaryl/α,β-unsaturated/α-hetero) is 2. The fraction of sp³-hybridized carbons (Fsp3) is 0.312. The second-order valence-corrected chi connectivity index (χ2v) is 4.60. The largest absolute Gasteiger partial charge is 0.466 e. The molecule has 0 N–H and O–H groups in total. The van der Waals surface area contributed by atoms with Crippen LogP contribution < -0.4 is 0 Å². The van der Waals surface area contributed by atoms with Crippen molar-refractivity contribution in [2.45, 2.75) is 19.8 Å². The molecule has 0 aliphatic rings. The van der Waals surface area contributed by atoms with Gasteiger partial charge in [-0.05, 0) is 19.4 Å². The molecule has 4 nitrogen and oxygen atoms in total. The standard InChI is InChI=1S/C16H18O4/c1-10(16(19)20-4)14(13-8-6-5-7-9-13)15(11(2)17)12(3)18/h5-9,14-15H,1H2,2-4H3. The molecule has 1 unspecified atom stereocenters. The second-order valence-electron chi connectivity index (χ2n) is 4.60. The van der Waals surface area contributed by atoms with Gasteiger partial charge in [-0.25, -0.2) is 4.79 Å². The van der Waals surface area contributed by atoms with Crippen molar-refractivity contribution >= 4 is 17.5 Å². The van der Waals surface area contributed by atoms with Crippen LogP contribution in [-0.2, 0) is 19.1 Å². The number of rotatable bonds is 6. The summed E-state index contributed by atoms with van der Waals surface area (Å²) in [7, 11) is 1.24. The van der Waals surface area contributed by atoms with E-state index >= 15 is 0 Å². The van der Waals surface area contributed by atoms with Gasteiger partial charge < -0.3 is 4.74 Å². The number of hydrogen-bond donors (Lipinski definition) is 0. The summed E-state index contributed by atoms with van der Waals surface area (Å²) in [5, 5.41) is 0. The molecule has 0 aromatic heterocycles. The van der Waals surface area contributed by atoms with E-state index in [-0.39, 0.29) is 17.1 Å². The van der Waals surface area contributed by atoms with Gasteiger partial charge in [0.1, 0.15) is 11.6 Å². The molecular weight excluding hydrogens is 256 g/mol. The minimum Gasteiger partial charge on any atom is -0.466 e. The highest BCUT2D eigenvalue weighted by atomic mass is 16.5. The van der Waals surface area contributed by atoms with Gasteiger partial charge in [-0.15, -0.1) is 0 Å². The Kier molecular flexibility index (Phi) is 5.38. The average Bonchev–Trinajstić information content (AvgIpc) is 2.43. The van der Waals surface area contributed by atoms with Crippen LogP contribution in [0.25, 0.3) is 0 Å². The van der Waals surface area contributed by atoms with E-state index in [9.17, 15) is 14.4 Å². The van der Waals surface area contributed by atoms with Crippen molar-refractivity contribution in [1.82, 2.24) is 0 Å². The van der Waals surface area contributed by atoms with Gasteiger partial charge in [0.05, 0.1) is 13.0 Å². The fourth-order valence-corrected chi connectivity index (χ4v) is 2.27. The number of ether oxygens (including phenoxy) is 1. The van der Waals surface area contributed by atoms with Crippen LogP contribution in [0.4, 0.5) is 0 Å². The molecule has 0 bridgehead atoms. The van der Waals surface area contributed by atoms with E-state index in [2.05, 4.69) is 11.3 Å². The van der Waals surface area contributed by atoms with E-state index in [1.165, 1.54) is 21.0 Å². The highest BCUT2D eigenvalue weighted by molar-refractivity contribution is 6.03. The molecule has 0 radical (unpaired) electrons. The summed E-state index contributed by atoms with van der Waals surface area (Å²) >= 11 is 0. The molecule has 0 heterocycles. The van der Waals surface area contributed by atoms with Crippen molar-refractivity contribution in [3.63, 3.8) is 0 Å². The zero-order valence-corrected chi connectivity index (χ0v) is 11.9. The number of carbonyl (C=O) groups is 3. The van der Waals surface area contributed by atoms with Gasteiger partial charge in [-0.1, -0.05) is 36.9 Å². The van der Waals surface area contributed by atoms with Gasteiger partial charge in [0.2, 0.25) is 0 Å². The molecule has 0 saturated carbocycles. The first-order chi connectivity index (χ1) is 9.40. The van der Waals surface area contributed by atoms with E-state index in [4.69, 9.17) is 0 Å². The molecular formula is C16H18O4. The van der Waals surface area contributed by atoms with E-state index in [1.54, 1.807) is 24.3 Å². The maximum atomic E-state index is 11.8. The zero-order chi connectivity index (χ0) is 15.3. The van der Waals surface area contributed by atoms with Gasteiger partial charge >= 0.3 is 5.97 Å². The first kappa shape index (κ1) is 15.8. The van der Waals surface area contributed by atoms with Gasteiger partial charge in [0.25, 0.3) is 0 Å². The Morgan fingerprint density at radius 3 is 1.95 bits per heavy atom. The molecule has 0 aliphatic carbocycles. The molecule has 0 amide bonds. The van der Waals surface area contributed by atoms with Crippen molar-refractivity contribution < 1.29 is 19.1 Å². The molecule has 0 saturated heterocycles. The molecule has 0 aliphatic heterocycles. The number of carbonyl (C=O) groups excluding carboxylic acids is 3. The maximum absolute atomic E-state index is 11.8. The third-order valence-corrected chi connectivity index (χ3v) is 3.19. The Balaban J connectivity index is 3.34. The molecule has 1 aromatic carbocycles. The van der Waals surface area contributed by atoms with Crippen LogP contribution in [0.2, 0.25) is 0 Å². The summed E-state index contributed by atoms with van der Waals surface area (Å²) in [6.07, 6.45) is 0. The smallest absolute Gasteiger partial charge is 0.333 e. The van der Waals surface area contributed by atoms with Gasteiger partial charge in [0.15, 0.2) is 0 Å². The van der Waals surface area contributed by atoms with Crippen LogP contribution in [0.15, 0.2) is 42.5 Å². The minimum absolute atomic E-state index is 0.106. The lowest BCUT2D eigenvalue weighted by Gasteiger charge is -2.24. The Morgan fingerprint density at radius 2 is 1.55 bits per heavy atom. The van der Waals surface area contributed by atoms with E-state index in [0.29, 0.717) is 5.56 Å². The topological polar surface area (TPSA) is 60.4 Å². The van der Waals surface area contributed by atoms with Crippen molar-refractivity contribution in [1.29, 1.82) is 0 Å². The number of benzene rings is 1. The lowest BCUT2D eigenvalue weighted by atomic mass is 9.77. The summed E-state index contributed by atoms with van der Waals surface area (Å²) in [4.78, 5) is 35.3. The quantitative estimate of drug-likeness (QED) is 0.453. The fourth-order valence-electron chi connectivity index (χ4n) is 2.27. The van der Waals surface area contributed by atoms with E-state index < -0.39 is 17.8 Å². The monoisotopic (exact) mass is 274 g/mol. The molecule has 1 atom stereocenters. The van der Waals surface area contributed by atoms with Crippen LogP contribution in [0.5, 0.6) is 0 Å². The van der Waals surface area contributed by atoms with Crippen LogP contribution in [0, 0.1) is 5.92 Å². The molecule has 1 rings (SSSR count). The van der Waals surface area contributed by atoms with Crippen LogP contribution in [0.3, 0.4) is 0 Å². The highest BCUT2D eigenvalue weighted by Crippen LogP contribution is 2.33. The zero-order valence-electron chi connectivity index (χ0n) is 11.9. The normalized spacial score (nSPS) is 11.8. The second kappa shape index (κ2) is 6.80. The Labute approximate surface area is 118 Å². The molecule has 4 heteroatoms. The summed E-state index contributed by atoms with van der Waals surface area (Å²) in [6, 6.07) is 8.90. The van der Waals surface area contributed by atoms with Crippen molar-refractivity contribution in [3.8, 4) is 0 Å². The van der Waals surface area contributed by atoms with Gasteiger partial charge in [-0.2, -0.15) is 0 Å². The van der Waals surface area contributed by atoms with Gasteiger partial charge in [0, 0.05) is 11.5 Å². The number of ketones is 2. The molecule has 20 heavy (non-hydrogen) atoms. The van der Waals surface area contributed by atoms with Crippen LogP contribution in [-0.4, -0.2) is 24.6 Å². The minimum atomic E-state index is -0.927. The first-order valence-electron chi connectivity index (χ1n) is 6.23. The molecule has 106 valence electrons. The van der Waals surface area contributed by atoms with E-state index in [1.807, 2.05) is 6.07 Å². The predicted molar refractivity (Wildman–Crippen MR) is 75.2 cm³/mol. The van der Waals surface area contributed by atoms with E-state index in [0.717, 1.165) is 0 Å². The highest BCUT2D eigenvalue weighted by Gasteiger charge is 2.35. The SMILES string of the molecule is C=C(C(=O)OC)C(c1ccccc1)C(C(C)=O)C(C)=O. The lowest BCUT2D eigenvalue weighted by Crippen LogP contribution is -2.30. The molecule has 0 fully saturated rings. The predicted octanol–water partition coefficient (Wildman–Crippen LogP) is 2.29. The Hall–Kier alpha value is -2.23. The number of methoxy groups -OCH3 is 1. The summed E-state index contributed by atoms with van der Waals surface area (Å²) < 4.78 is 4.66. The van der Waals surface area contributed by atoms with Crippen LogP contribution >= 0.6 is 0 Å². The third kappa shape index (κ3) is 3.41. The number of hydrogen-bond acceptors (Lipinski definition) is 4. The summed E-state index contributed by atoms with van der Waals surface area (Å²) in [6.45, 7) is 6.39. The van der Waals surface area contributed by atoms with Crippen LogP contribution in [0.1, 0.15) is 25.3 Å². The first-order valence-corrected chi connectivity index (χ1v) is 6.23. The van der Waals surface area contributed by atoms with Crippen molar-refractivity contribution in [3.05, 3.63) is 48.0 Å². The summed E-state index contributed by atoms with van der Waals surface area (Å²) in [5.74, 6) is -2.83. The Bertz CT molecular complexity index is 517. The van der Waals surface area contributed by atoms with Gasteiger partial charge in [-0.3, -0.25) is 9.59 Å². The lowest BCUT2D eigenvalue weighted by molar-refractivity contribution is -0.136. The molecule has 0 spiro atoms. The van der Waals surface area contributed by atoms with Crippen molar-refractivity contribution in [2.75, 3.05) is 7.11 Å². The average molecular weight is 274 g/mol. The Morgan fingerprint density at radius 1 is 1.05 bits per heavy atom. The summed E-state index contributed by atoms with van der Waals surface area (Å²) in [5.41, 5.74) is 0.799. The maximum Gasteiger partial charge on any atom is 0.333 e.